The van der Waals surface area contributed by atoms with Gasteiger partial charge in [0.2, 0.25) is 0 Å². The molecule has 0 atom stereocenters. The molecule has 0 aliphatic carbocycles. The summed E-state index contributed by atoms with van der Waals surface area (Å²) >= 11 is -2.00. The number of phosphoric acid groups is 1. The van der Waals surface area contributed by atoms with Crippen molar-refractivity contribution in [2.45, 2.75) is 0 Å². The van der Waals surface area contributed by atoms with Crippen LogP contribution in [0.2, 0.25) is 0 Å². The minimum atomic E-state index is -4.64. The van der Waals surface area contributed by atoms with Crippen molar-refractivity contribution < 1.29 is 45.0 Å². The van der Waals surface area contributed by atoms with Gasteiger partial charge in [-0.2, -0.15) is 0 Å². The van der Waals surface area contributed by atoms with Gasteiger partial charge in [0.1, 0.15) is 0 Å². The normalized spacial score (nSPS) is 6.70. The fourth-order valence-electron chi connectivity index (χ4n) is 0. The van der Waals surface area contributed by atoms with Crippen molar-refractivity contribution in [3.05, 3.63) is 0 Å². The molecule has 7 nitrogen and oxygen atoms in total. The molecule has 10 heteroatoms. The van der Waals surface area contributed by atoms with Gasteiger partial charge in [-0.3, -0.25) is 0 Å². The SMILES string of the molecule is N.O=P(O)(O)O.[LiH].[O]=[Ti]=[O]. The van der Waals surface area contributed by atoms with E-state index in [0.29, 0.717) is 0 Å². The van der Waals surface area contributed by atoms with Crippen LogP contribution in [0.5, 0.6) is 0 Å². The fraction of sp³-hybridized carbons (Fsp3) is 0. The first kappa shape index (κ1) is 22.4. The van der Waals surface area contributed by atoms with Crippen LogP contribution in [0.15, 0.2) is 0 Å². The summed E-state index contributed by atoms with van der Waals surface area (Å²) < 4.78 is 25.9. The maximum absolute atomic E-state index is 8.88. The first-order chi connectivity index (χ1) is 3.41. The topological polar surface area (TPSA) is 147 Å². The summed E-state index contributed by atoms with van der Waals surface area (Å²) in [4.78, 5) is 21.6. The van der Waals surface area contributed by atoms with Crippen LogP contribution in [-0.4, -0.2) is 33.5 Å². The Hall–Kier alpha value is 0.982. The Morgan fingerprint density at radius 3 is 1.10 bits per heavy atom. The summed E-state index contributed by atoms with van der Waals surface area (Å²) in [5, 5.41) is 0. The second-order valence-corrected chi connectivity index (χ2v) is 1.88. The summed E-state index contributed by atoms with van der Waals surface area (Å²) in [7, 11) is -4.64. The third kappa shape index (κ3) is 594. The molecule has 0 aliphatic rings. The van der Waals surface area contributed by atoms with Crippen molar-refractivity contribution in [1.29, 1.82) is 0 Å². The first-order valence-electron chi connectivity index (χ1n) is 1.19. The van der Waals surface area contributed by atoms with Crippen molar-refractivity contribution in [2.24, 2.45) is 0 Å². The van der Waals surface area contributed by atoms with Crippen molar-refractivity contribution in [2.75, 3.05) is 0 Å². The average molecular weight is 203 g/mol. The van der Waals surface area contributed by atoms with Crippen molar-refractivity contribution >= 4 is 26.7 Å². The Labute approximate surface area is 77.8 Å². The quantitative estimate of drug-likeness (QED) is 0.272. The Bertz CT molecular complexity index is 115. The predicted molar refractivity (Wildman–Crippen MR) is 27.8 cm³/mol. The third-order valence-electron chi connectivity index (χ3n) is 0. The first-order valence-corrected chi connectivity index (χ1v) is 4.03. The van der Waals surface area contributed by atoms with Gasteiger partial charge >= 0.3 is 52.4 Å². The maximum atomic E-state index is 8.88. The van der Waals surface area contributed by atoms with E-state index in [1.807, 2.05) is 0 Å². The van der Waals surface area contributed by atoms with E-state index in [2.05, 4.69) is 0 Å². The zero-order chi connectivity index (χ0) is 7.21. The van der Waals surface area contributed by atoms with Crippen molar-refractivity contribution in [3.63, 3.8) is 0 Å². The predicted octanol–water partition coefficient (Wildman–Crippen LogP) is -1.66. The van der Waals surface area contributed by atoms with Crippen LogP contribution >= 0.6 is 7.82 Å². The Morgan fingerprint density at radius 1 is 1.10 bits per heavy atom. The van der Waals surface area contributed by atoms with Gasteiger partial charge in [0.15, 0.2) is 0 Å². The van der Waals surface area contributed by atoms with Crippen LogP contribution in [-0.2, 0) is 30.3 Å². The Morgan fingerprint density at radius 2 is 1.10 bits per heavy atom. The van der Waals surface area contributed by atoms with E-state index in [1.54, 1.807) is 0 Å². The number of hydrogen-bond acceptors (Lipinski definition) is 4. The molecule has 0 aromatic heterocycles. The molecule has 0 radical (unpaired) electrons. The van der Waals surface area contributed by atoms with E-state index in [9.17, 15) is 0 Å². The van der Waals surface area contributed by atoms with Crippen LogP contribution in [0.3, 0.4) is 0 Å². The minimum absolute atomic E-state index is 0. The van der Waals surface area contributed by atoms with Gasteiger partial charge in [0.25, 0.3) is 0 Å². The van der Waals surface area contributed by atoms with Crippen LogP contribution in [0.1, 0.15) is 0 Å². The van der Waals surface area contributed by atoms with Gasteiger partial charge in [-0.05, 0) is 0 Å². The zero-order valence-corrected chi connectivity index (χ0v) is 6.68. The van der Waals surface area contributed by atoms with E-state index >= 15 is 0 Å². The van der Waals surface area contributed by atoms with Crippen molar-refractivity contribution in [1.82, 2.24) is 6.15 Å². The molecule has 0 heterocycles. The van der Waals surface area contributed by atoms with E-state index in [4.69, 9.17) is 25.9 Å². The van der Waals surface area contributed by atoms with E-state index in [-0.39, 0.29) is 25.0 Å². The Balaban J connectivity index is -0.0000000326. The molecular formula is H7LiNO6PTi. The molecule has 0 aromatic rings. The van der Waals surface area contributed by atoms with Gasteiger partial charge in [-0.1, -0.05) is 0 Å². The number of rotatable bonds is 0. The summed E-state index contributed by atoms with van der Waals surface area (Å²) in [6.45, 7) is 0. The van der Waals surface area contributed by atoms with Gasteiger partial charge in [0.05, 0.1) is 0 Å². The molecule has 0 aromatic carbocycles. The Kier molecular flexibility index (Phi) is 28.4. The second kappa shape index (κ2) is 12.6. The average Bonchev–Trinajstić information content (AvgIpc) is 1.27. The standard InChI is InChI=1S/Li.H3N.H3O4P.2O.Ti.H/c;;1-5(2,3)4;;;;/h;1H3;(H3,1,2,3,4);;;;. The third-order valence-corrected chi connectivity index (χ3v) is 0. The van der Waals surface area contributed by atoms with Crippen LogP contribution in [0, 0.1) is 0 Å². The molecule has 0 rings (SSSR count). The van der Waals surface area contributed by atoms with Gasteiger partial charge in [-0.15, -0.1) is 0 Å². The van der Waals surface area contributed by atoms with E-state index in [1.165, 1.54) is 0 Å². The molecule has 0 amide bonds. The monoisotopic (exact) mass is 203 g/mol. The fourth-order valence-corrected chi connectivity index (χ4v) is 0. The molecule has 0 fully saturated rings. The molecule has 0 unspecified atom stereocenters. The number of hydrogen-bond donors (Lipinski definition) is 4. The summed E-state index contributed by atoms with van der Waals surface area (Å²) in [6.07, 6.45) is 0. The van der Waals surface area contributed by atoms with Crippen LogP contribution in [0.4, 0.5) is 0 Å². The molecule has 10 heavy (non-hydrogen) atoms. The van der Waals surface area contributed by atoms with Gasteiger partial charge in [-0.25, -0.2) is 4.57 Å². The molecule has 0 bridgehead atoms. The van der Waals surface area contributed by atoms with Gasteiger partial charge in [0, 0.05) is 0 Å². The zero-order valence-electron chi connectivity index (χ0n) is 4.22. The summed E-state index contributed by atoms with van der Waals surface area (Å²) in [5.74, 6) is 0. The van der Waals surface area contributed by atoms with Crippen molar-refractivity contribution in [3.8, 4) is 0 Å². The van der Waals surface area contributed by atoms with Crippen LogP contribution in [0.25, 0.3) is 0 Å². The molecule has 0 saturated carbocycles. The van der Waals surface area contributed by atoms with Crippen LogP contribution < -0.4 is 6.15 Å². The summed E-state index contributed by atoms with van der Waals surface area (Å²) in [5.41, 5.74) is 0. The molecular weight excluding hydrogens is 196 g/mol. The van der Waals surface area contributed by atoms with E-state index < -0.39 is 26.9 Å². The second-order valence-electron chi connectivity index (χ2n) is 0.597. The molecule has 0 spiro atoms. The molecule has 58 valence electrons. The van der Waals surface area contributed by atoms with Gasteiger partial charge < -0.3 is 20.8 Å². The molecule has 6 N–H and O–H groups in total. The molecule has 0 saturated heterocycles. The molecule has 0 aliphatic heterocycles. The summed E-state index contributed by atoms with van der Waals surface area (Å²) in [6, 6.07) is 0. The van der Waals surface area contributed by atoms with E-state index in [0.717, 1.165) is 0 Å².